The Balaban J connectivity index is 1.83. The Kier molecular flexibility index (Phi) is 12.1. The second-order valence-electron chi connectivity index (χ2n) is 10.0. The van der Waals surface area contributed by atoms with Gasteiger partial charge in [0.15, 0.2) is 5.69 Å². The Morgan fingerprint density at radius 2 is 1.45 bits per heavy atom. The fourth-order valence-electron chi connectivity index (χ4n) is 3.80. The van der Waals surface area contributed by atoms with Gasteiger partial charge in [-0.15, -0.1) is 0 Å². The number of carbonyl (C=O) groups excluding carboxylic acids is 2. The molecule has 0 atom stereocenters. The van der Waals surface area contributed by atoms with Crippen molar-refractivity contribution < 1.29 is 46.7 Å². The second kappa shape index (κ2) is 15.6. The SMILES string of the molecule is CCOP(=O)(OCC)Oc1cc(OC)c(COc2nc3ccccc3nc2C(=O)NCCNC(=O)OC(C)(C)C)c(OC)c1. The average molecular weight is 635 g/mol. The van der Waals surface area contributed by atoms with Crippen molar-refractivity contribution in [2.24, 2.45) is 0 Å². The zero-order valence-corrected chi connectivity index (χ0v) is 26.8. The summed E-state index contributed by atoms with van der Waals surface area (Å²) >= 11 is 0. The minimum absolute atomic E-state index is 0.0390. The molecule has 2 amide bonds. The number of phosphoric ester groups is 1. The highest BCUT2D eigenvalue weighted by molar-refractivity contribution is 7.48. The van der Waals surface area contributed by atoms with E-state index >= 15 is 0 Å². The number of nitrogens with one attached hydrogen (secondary N) is 2. The first-order chi connectivity index (χ1) is 20.9. The molecule has 240 valence electrons. The quantitative estimate of drug-likeness (QED) is 0.169. The number of para-hydroxylation sites is 2. The third-order valence-corrected chi connectivity index (χ3v) is 7.14. The van der Waals surface area contributed by atoms with Crippen LogP contribution in [0.15, 0.2) is 36.4 Å². The van der Waals surface area contributed by atoms with Gasteiger partial charge in [-0.1, -0.05) is 12.1 Å². The number of hydrogen-bond donors (Lipinski definition) is 2. The summed E-state index contributed by atoms with van der Waals surface area (Å²) in [5.41, 5.74) is 0.743. The van der Waals surface area contributed by atoms with Gasteiger partial charge in [-0.25, -0.2) is 19.3 Å². The molecular weight excluding hydrogens is 595 g/mol. The monoisotopic (exact) mass is 634 g/mol. The number of benzene rings is 2. The van der Waals surface area contributed by atoms with Crippen LogP contribution < -0.4 is 29.4 Å². The lowest BCUT2D eigenvalue weighted by Gasteiger charge is -2.20. The number of amides is 2. The number of hydrogen-bond acceptors (Lipinski definition) is 12. The maximum Gasteiger partial charge on any atom is 0.530 e. The summed E-state index contributed by atoms with van der Waals surface area (Å²) in [5, 5.41) is 5.29. The summed E-state index contributed by atoms with van der Waals surface area (Å²) in [4.78, 5) is 34.1. The molecule has 0 radical (unpaired) electrons. The molecule has 2 aromatic carbocycles. The normalized spacial score (nSPS) is 11.5. The summed E-state index contributed by atoms with van der Waals surface area (Å²) in [6.45, 7) is 8.91. The maximum atomic E-state index is 13.2. The molecule has 0 aliphatic carbocycles. The molecule has 0 bridgehead atoms. The molecule has 0 saturated carbocycles. The van der Waals surface area contributed by atoms with E-state index in [-0.39, 0.29) is 61.7 Å². The second-order valence-corrected chi connectivity index (χ2v) is 11.6. The number of phosphoric acid groups is 1. The molecule has 1 aromatic heterocycles. The van der Waals surface area contributed by atoms with Crippen molar-refractivity contribution >= 4 is 30.9 Å². The van der Waals surface area contributed by atoms with Crippen LogP contribution in [-0.2, 0) is 25.0 Å². The zero-order chi connectivity index (χ0) is 32.3. The van der Waals surface area contributed by atoms with Gasteiger partial charge in [0.25, 0.3) is 5.91 Å². The van der Waals surface area contributed by atoms with Crippen molar-refractivity contribution in [3.8, 4) is 23.1 Å². The van der Waals surface area contributed by atoms with Crippen molar-refractivity contribution in [3.63, 3.8) is 0 Å². The largest absolute Gasteiger partial charge is 0.530 e. The first kappa shape index (κ1) is 34.4. The number of alkyl carbamates (subject to hydrolysis) is 1. The minimum atomic E-state index is -3.88. The summed E-state index contributed by atoms with van der Waals surface area (Å²) in [5.74, 6) is 0.0920. The number of rotatable bonds is 15. The van der Waals surface area contributed by atoms with Gasteiger partial charge >= 0.3 is 13.9 Å². The first-order valence-corrected chi connectivity index (χ1v) is 15.4. The van der Waals surface area contributed by atoms with Gasteiger partial charge in [-0.3, -0.25) is 13.8 Å². The van der Waals surface area contributed by atoms with E-state index in [1.54, 1.807) is 58.9 Å². The number of nitrogens with zero attached hydrogens (tertiary/aromatic N) is 2. The standard InChI is InChI=1S/C29H39N4O10P/c1-8-40-44(36,41-9-2)43-19-16-23(37-6)20(24(17-19)38-7)18-39-27-25(32-21-12-10-11-13-22(21)33-27)26(34)30-14-15-31-28(35)42-29(3,4)5/h10-13,16-17H,8-9,14-15,18H2,1-7H3,(H,30,34)(H,31,35). The van der Waals surface area contributed by atoms with E-state index < -0.39 is 25.4 Å². The van der Waals surface area contributed by atoms with E-state index in [9.17, 15) is 14.2 Å². The number of methoxy groups -OCH3 is 2. The third kappa shape index (κ3) is 9.69. The molecule has 0 fully saturated rings. The molecule has 3 rings (SSSR count). The lowest BCUT2D eigenvalue weighted by molar-refractivity contribution is 0.0526. The number of carbonyl (C=O) groups is 2. The first-order valence-electron chi connectivity index (χ1n) is 13.9. The van der Waals surface area contributed by atoms with Gasteiger partial charge in [-0.05, 0) is 46.8 Å². The van der Waals surface area contributed by atoms with Gasteiger partial charge in [0.2, 0.25) is 5.88 Å². The van der Waals surface area contributed by atoms with Crippen LogP contribution in [0.1, 0.15) is 50.7 Å². The van der Waals surface area contributed by atoms with Crippen LogP contribution in [0, 0.1) is 0 Å². The minimum Gasteiger partial charge on any atom is -0.496 e. The van der Waals surface area contributed by atoms with Gasteiger partial charge in [0, 0.05) is 25.2 Å². The van der Waals surface area contributed by atoms with Crippen LogP contribution in [0.4, 0.5) is 4.79 Å². The van der Waals surface area contributed by atoms with Crippen molar-refractivity contribution in [2.75, 3.05) is 40.5 Å². The molecule has 0 aliphatic rings. The van der Waals surface area contributed by atoms with Crippen molar-refractivity contribution in [1.82, 2.24) is 20.6 Å². The Morgan fingerprint density at radius 3 is 2.00 bits per heavy atom. The fourth-order valence-corrected chi connectivity index (χ4v) is 4.98. The van der Waals surface area contributed by atoms with Crippen LogP contribution in [0.3, 0.4) is 0 Å². The lowest BCUT2D eigenvalue weighted by Crippen LogP contribution is -2.38. The van der Waals surface area contributed by atoms with E-state index in [0.717, 1.165) is 0 Å². The fraction of sp³-hybridized carbons (Fsp3) is 0.448. The van der Waals surface area contributed by atoms with Crippen LogP contribution in [0.25, 0.3) is 11.0 Å². The summed E-state index contributed by atoms with van der Waals surface area (Å²) in [6.07, 6.45) is -0.598. The molecule has 15 heteroatoms. The van der Waals surface area contributed by atoms with Crippen LogP contribution in [-0.4, -0.2) is 68.1 Å². The van der Waals surface area contributed by atoms with Crippen LogP contribution >= 0.6 is 7.82 Å². The zero-order valence-electron chi connectivity index (χ0n) is 25.9. The molecule has 0 unspecified atom stereocenters. The molecule has 2 N–H and O–H groups in total. The average Bonchev–Trinajstić information content (AvgIpc) is 2.96. The lowest BCUT2D eigenvalue weighted by atomic mass is 10.1. The van der Waals surface area contributed by atoms with Crippen LogP contribution in [0.5, 0.6) is 23.1 Å². The molecule has 0 aliphatic heterocycles. The smallest absolute Gasteiger partial charge is 0.496 e. The highest BCUT2D eigenvalue weighted by atomic mass is 31.2. The molecular formula is C29H39N4O10P. The molecule has 14 nitrogen and oxygen atoms in total. The van der Waals surface area contributed by atoms with E-state index in [4.69, 9.17) is 32.5 Å². The third-order valence-electron chi connectivity index (χ3n) is 5.56. The van der Waals surface area contributed by atoms with E-state index in [1.165, 1.54) is 26.4 Å². The Morgan fingerprint density at radius 1 is 0.886 bits per heavy atom. The molecule has 0 spiro atoms. The molecule has 44 heavy (non-hydrogen) atoms. The highest BCUT2D eigenvalue weighted by Gasteiger charge is 2.29. The number of aromatic nitrogens is 2. The van der Waals surface area contributed by atoms with Crippen LogP contribution in [0.2, 0.25) is 0 Å². The van der Waals surface area contributed by atoms with E-state index in [2.05, 4.69) is 20.6 Å². The topological polar surface area (TPSA) is 166 Å². The van der Waals surface area contributed by atoms with Gasteiger partial charge in [0.05, 0.1) is 44.0 Å². The van der Waals surface area contributed by atoms with Crippen molar-refractivity contribution in [2.45, 2.75) is 46.8 Å². The van der Waals surface area contributed by atoms with Gasteiger partial charge < -0.3 is 34.1 Å². The predicted octanol–water partition coefficient (Wildman–Crippen LogP) is 5.04. The Bertz CT molecular complexity index is 1460. The summed E-state index contributed by atoms with van der Waals surface area (Å²) in [7, 11) is -1.01. The Labute approximate surface area is 256 Å². The predicted molar refractivity (Wildman–Crippen MR) is 161 cm³/mol. The summed E-state index contributed by atoms with van der Waals surface area (Å²) < 4.78 is 51.2. The van der Waals surface area contributed by atoms with Gasteiger partial charge in [0.1, 0.15) is 29.5 Å². The molecule has 0 saturated heterocycles. The molecule has 3 aromatic rings. The van der Waals surface area contributed by atoms with Crippen molar-refractivity contribution in [1.29, 1.82) is 0 Å². The van der Waals surface area contributed by atoms with E-state index in [1.807, 2.05) is 0 Å². The van der Waals surface area contributed by atoms with Gasteiger partial charge in [-0.2, -0.15) is 0 Å². The Hall–Kier alpha value is -4.13. The van der Waals surface area contributed by atoms with E-state index in [0.29, 0.717) is 16.6 Å². The summed E-state index contributed by atoms with van der Waals surface area (Å²) in [6, 6.07) is 10.0. The number of ether oxygens (including phenoxy) is 4. The highest BCUT2D eigenvalue weighted by Crippen LogP contribution is 2.51. The van der Waals surface area contributed by atoms with Crippen molar-refractivity contribution in [3.05, 3.63) is 47.7 Å². The molecule has 1 heterocycles. The number of fused-ring (bicyclic) bond motifs is 1. The maximum absolute atomic E-state index is 13.2.